The van der Waals surface area contributed by atoms with Crippen LogP contribution < -0.4 is 5.32 Å². The van der Waals surface area contributed by atoms with E-state index in [9.17, 15) is 0 Å². The summed E-state index contributed by atoms with van der Waals surface area (Å²) in [5, 5.41) is 3.48. The Morgan fingerprint density at radius 1 is 1.17 bits per heavy atom. The number of aryl methyl sites for hydroxylation is 1. The van der Waals surface area contributed by atoms with Gasteiger partial charge in [-0.3, -0.25) is 4.99 Å². The van der Waals surface area contributed by atoms with Crippen LogP contribution in [0.4, 0.5) is 0 Å². The summed E-state index contributed by atoms with van der Waals surface area (Å²) in [6.45, 7) is 4.89. The molecule has 0 radical (unpaired) electrons. The number of hydrogen-bond acceptors (Lipinski definition) is 3. The maximum absolute atomic E-state index is 5.66. The van der Waals surface area contributed by atoms with Crippen LogP contribution in [0.5, 0.6) is 0 Å². The van der Waals surface area contributed by atoms with E-state index in [0.29, 0.717) is 11.8 Å². The Hall–Kier alpha value is -3.08. The van der Waals surface area contributed by atoms with Crippen LogP contribution in [0.1, 0.15) is 29.2 Å². The summed E-state index contributed by atoms with van der Waals surface area (Å²) >= 11 is 0. The SMILES string of the molecule is CN=C(NCCc1coc(-c2ccc(C)cc2)n1)N1CCC(c2ccccc2)C1. The van der Waals surface area contributed by atoms with Crippen molar-refractivity contribution in [2.45, 2.75) is 25.7 Å². The second kappa shape index (κ2) is 8.95. The molecule has 1 fully saturated rings. The highest BCUT2D eigenvalue weighted by atomic mass is 16.3. The van der Waals surface area contributed by atoms with E-state index >= 15 is 0 Å². The number of hydrogen-bond donors (Lipinski definition) is 1. The van der Waals surface area contributed by atoms with Gasteiger partial charge in [0.05, 0.1) is 5.69 Å². The average Bonchev–Trinajstić information content (AvgIpc) is 3.43. The molecule has 1 saturated heterocycles. The monoisotopic (exact) mass is 388 g/mol. The number of nitrogens with one attached hydrogen (secondary N) is 1. The van der Waals surface area contributed by atoms with Crippen LogP contribution in [-0.2, 0) is 6.42 Å². The highest BCUT2D eigenvalue weighted by Crippen LogP contribution is 2.26. The molecule has 5 nitrogen and oxygen atoms in total. The lowest BCUT2D eigenvalue weighted by molar-refractivity contribution is 0.486. The second-order valence-corrected chi connectivity index (χ2v) is 7.58. The minimum atomic E-state index is 0.572. The predicted molar refractivity (Wildman–Crippen MR) is 117 cm³/mol. The molecule has 0 amide bonds. The van der Waals surface area contributed by atoms with E-state index in [4.69, 9.17) is 4.42 Å². The number of nitrogens with zero attached hydrogens (tertiary/aromatic N) is 3. The molecule has 1 N–H and O–H groups in total. The zero-order valence-electron chi connectivity index (χ0n) is 17.1. The van der Waals surface area contributed by atoms with Gasteiger partial charge in [0.2, 0.25) is 5.89 Å². The molecule has 2 aromatic carbocycles. The van der Waals surface area contributed by atoms with Gasteiger partial charge in [-0.1, -0.05) is 48.0 Å². The molecule has 0 saturated carbocycles. The Morgan fingerprint density at radius 2 is 1.97 bits per heavy atom. The fraction of sp³-hybridized carbons (Fsp3) is 0.333. The second-order valence-electron chi connectivity index (χ2n) is 7.58. The molecule has 0 spiro atoms. The van der Waals surface area contributed by atoms with E-state index in [1.54, 1.807) is 6.26 Å². The average molecular weight is 389 g/mol. The van der Waals surface area contributed by atoms with Crippen molar-refractivity contribution in [2.75, 3.05) is 26.7 Å². The molecular formula is C24H28N4O. The van der Waals surface area contributed by atoms with Crippen LogP contribution >= 0.6 is 0 Å². The first-order chi connectivity index (χ1) is 14.2. The van der Waals surface area contributed by atoms with Crippen LogP contribution in [0.3, 0.4) is 0 Å². The van der Waals surface area contributed by atoms with Gasteiger partial charge in [0.1, 0.15) is 6.26 Å². The predicted octanol–water partition coefficient (Wildman–Crippen LogP) is 4.26. The van der Waals surface area contributed by atoms with E-state index in [-0.39, 0.29) is 0 Å². The van der Waals surface area contributed by atoms with Gasteiger partial charge in [-0.25, -0.2) is 4.98 Å². The molecule has 0 aliphatic carbocycles. The molecule has 0 bridgehead atoms. The lowest BCUT2D eigenvalue weighted by Crippen LogP contribution is -2.40. The smallest absolute Gasteiger partial charge is 0.226 e. The minimum absolute atomic E-state index is 0.572. The summed E-state index contributed by atoms with van der Waals surface area (Å²) in [6.07, 6.45) is 3.71. The van der Waals surface area contributed by atoms with Crippen LogP contribution in [0.15, 0.2) is 70.3 Å². The maximum atomic E-state index is 5.66. The van der Waals surface area contributed by atoms with Crippen LogP contribution in [0, 0.1) is 6.92 Å². The normalized spacial score (nSPS) is 17.0. The Bertz CT molecular complexity index is 947. The number of likely N-dealkylation sites (tertiary alicyclic amines) is 1. The van der Waals surface area contributed by atoms with Crippen molar-refractivity contribution in [2.24, 2.45) is 4.99 Å². The van der Waals surface area contributed by atoms with Gasteiger partial charge in [-0.05, 0) is 31.0 Å². The third kappa shape index (κ3) is 4.67. The molecule has 3 aromatic rings. The van der Waals surface area contributed by atoms with Gasteiger partial charge in [-0.15, -0.1) is 0 Å². The molecule has 1 aliphatic rings. The summed E-state index contributed by atoms with van der Waals surface area (Å²) in [5.74, 6) is 2.21. The van der Waals surface area contributed by atoms with Gasteiger partial charge < -0.3 is 14.6 Å². The minimum Gasteiger partial charge on any atom is -0.444 e. The lowest BCUT2D eigenvalue weighted by Gasteiger charge is -2.21. The molecule has 29 heavy (non-hydrogen) atoms. The van der Waals surface area contributed by atoms with E-state index in [2.05, 4.69) is 69.6 Å². The van der Waals surface area contributed by atoms with Gasteiger partial charge >= 0.3 is 0 Å². The van der Waals surface area contributed by atoms with E-state index in [1.165, 1.54) is 11.1 Å². The molecule has 2 heterocycles. The highest BCUT2D eigenvalue weighted by Gasteiger charge is 2.25. The highest BCUT2D eigenvalue weighted by molar-refractivity contribution is 5.80. The van der Waals surface area contributed by atoms with Crippen LogP contribution in [0.25, 0.3) is 11.5 Å². The number of benzene rings is 2. The number of aliphatic imine (C=N–C) groups is 1. The molecule has 1 aromatic heterocycles. The van der Waals surface area contributed by atoms with Crippen LogP contribution in [0.2, 0.25) is 0 Å². The number of rotatable bonds is 5. The topological polar surface area (TPSA) is 53.7 Å². The van der Waals surface area contributed by atoms with Crippen molar-refractivity contribution in [3.63, 3.8) is 0 Å². The first-order valence-electron chi connectivity index (χ1n) is 10.2. The van der Waals surface area contributed by atoms with Crippen molar-refractivity contribution in [3.05, 3.63) is 77.7 Å². The Morgan fingerprint density at radius 3 is 2.72 bits per heavy atom. The summed E-state index contributed by atoms with van der Waals surface area (Å²) < 4.78 is 5.66. The summed E-state index contributed by atoms with van der Waals surface area (Å²) in [7, 11) is 1.85. The van der Waals surface area contributed by atoms with Gasteiger partial charge in [0, 0.05) is 44.6 Å². The first-order valence-corrected chi connectivity index (χ1v) is 10.2. The summed E-state index contributed by atoms with van der Waals surface area (Å²) in [5.41, 5.74) is 4.60. The number of aromatic nitrogens is 1. The Kier molecular flexibility index (Phi) is 5.94. The van der Waals surface area contributed by atoms with Crippen molar-refractivity contribution >= 4 is 5.96 Å². The molecule has 1 unspecified atom stereocenters. The molecule has 150 valence electrons. The first kappa shape index (κ1) is 19.2. The zero-order chi connectivity index (χ0) is 20.1. The molecule has 1 aliphatic heterocycles. The van der Waals surface area contributed by atoms with Crippen molar-refractivity contribution in [3.8, 4) is 11.5 Å². The van der Waals surface area contributed by atoms with Crippen molar-refractivity contribution in [1.82, 2.24) is 15.2 Å². The molecule has 5 heteroatoms. The third-order valence-electron chi connectivity index (χ3n) is 5.49. The fourth-order valence-corrected chi connectivity index (χ4v) is 3.84. The van der Waals surface area contributed by atoms with Gasteiger partial charge in [0.15, 0.2) is 5.96 Å². The van der Waals surface area contributed by atoms with Crippen molar-refractivity contribution < 1.29 is 4.42 Å². The third-order valence-corrected chi connectivity index (χ3v) is 5.49. The molecule has 4 rings (SSSR count). The zero-order valence-corrected chi connectivity index (χ0v) is 17.1. The molecule has 1 atom stereocenters. The van der Waals surface area contributed by atoms with E-state index in [0.717, 1.165) is 49.7 Å². The molecular weight excluding hydrogens is 360 g/mol. The largest absolute Gasteiger partial charge is 0.444 e. The lowest BCUT2D eigenvalue weighted by atomic mass is 9.99. The quantitative estimate of drug-likeness (QED) is 0.524. The summed E-state index contributed by atoms with van der Waals surface area (Å²) in [4.78, 5) is 11.4. The van der Waals surface area contributed by atoms with Crippen molar-refractivity contribution in [1.29, 1.82) is 0 Å². The Balaban J connectivity index is 1.29. The summed E-state index contributed by atoms with van der Waals surface area (Å²) in [6, 6.07) is 19.0. The van der Waals surface area contributed by atoms with Crippen LogP contribution in [-0.4, -0.2) is 42.5 Å². The van der Waals surface area contributed by atoms with Gasteiger partial charge in [-0.2, -0.15) is 0 Å². The van der Waals surface area contributed by atoms with Gasteiger partial charge in [0.25, 0.3) is 0 Å². The fourth-order valence-electron chi connectivity index (χ4n) is 3.84. The number of oxazole rings is 1. The van der Waals surface area contributed by atoms with E-state index in [1.807, 2.05) is 19.2 Å². The maximum Gasteiger partial charge on any atom is 0.226 e. The Labute approximate surface area is 172 Å². The standard InChI is InChI=1S/C24H28N4O/c1-18-8-10-20(11-9-18)23-27-22(17-29-23)12-14-26-24(25-2)28-15-13-21(16-28)19-6-4-3-5-7-19/h3-11,17,21H,12-16H2,1-2H3,(H,25,26). The van der Waals surface area contributed by atoms with E-state index < -0.39 is 0 Å². The number of guanidine groups is 1.